The number of thioether (sulfide) groups is 1. The highest BCUT2D eigenvalue weighted by molar-refractivity contribution is 8.00. The fourth-order valence-corrected chi connectivity index (χ4v) is 3.72. The number of anilines is 2. The number of carbonyl (C=O) groups excluding carboxylic acids is 2. The Balaban J connectivity index is 1.66. The van der Waals surface area contributed by atoms with E-state index in [1.165, 1.54) is 36.2 Å². The molecular weight excluding hydrogens is 415 g/mol. The summed E-state index contributed by atoms with van der Waals surface area (Å²) < 4.78 is 18.4. The van der Waals surface area contributed by atoms with Crippen LogP contribution in [0.15, 0.2) is 70.2 Å². The summed E-state index contributed by atoms with van der Waals surface area (Å²) in [6, 6.07) is 14.5. The van der Waals surface area contributed by atoms with Crippen molar-refractivity contribution in [3.05, 3.63) is 77.5 Å². The zero-order valence-corrected chi connectivity index (χ0v) is 17.0. The van der Waals surface area contributed by atoms with Crippen LogP contribution in [0.2, 0.25) is 5.02 Å². The molecule has 0 spiro atoms. The molecular formula is C21H18ClFN2O3S. The maximum atomic E-state index is 13.3. The van der Waals surface area contributed by atoms with Crippen LogP contribution in [0.25, 0.3) is 0 Å². The van der Waals surface area contributed by atoms with Crippen molar-refractivity contribution in [2.24, 2.45) is 0 Å². The number of furan rings is 1. The molecule has 0 bridgehead atoms. The maximum Gasteiger partial charge on any atom is 0.291 e. The Morgan fingerprint density at radius 1 is 1.10 bits per heavy atom. The Morgan fingerprint density at radius 3 is 2.59 bits per heavy atom. The average molecular weight is 433 g/mol. The number of amides is 2. The largest absolute Gasteiger partial charge is 0.459 e. The van der Waals surface area contributed by atoms with Crippen molar-refractivity contribution < 1.29 is 18.4 Å². The molecule has 2 amide bonds. The number of benzene rings is 2. The SMILES string of the molecule is CCC(Sc1cccc(NC(=O)c2ccco2)c1)C(=O)Nc1ccc(F)c(Cl)c1. The van der Waals surface area contributed by atoms with Crippen LogP contribution in [-0.4, -0.2) is 17.1 Å². The van der Waals surface area contributed by atoms with Crippen molar-refractivity contribution in [1.82, 2.24) is 0 Å². The summed E-state index contributed by atoms with van der Waals surface area (Å²) in [4.78, 5) is 25.5. The minimum atomic E-state index is -0.542. The number of nitrogens with one attached hydrogen (secondary N) is 2. The summed E-state index contributed by atoms with van der Waals surface area (Å²) in [7, 11) is 0. The maximum absolute atomic E-state index is 13.3. The van der Waals surface area contributed by atoms with E-state index in [9.17, 15) is 14.0 Å². The predicted molar refractivity (Wildman–Crippen MR) is 113 cm³/mol. The lowest BCUT2D eigenvalue weighted by Crippen LogP contribution is -2.24. The second-order valence-corrected chi connectivity index (χ2v) is 7.78. The normalized spacial score (nSPS) is 11.7. The Bertz CT molecular complexity index is 1010. The van der Waals surface area contributed by atoms with Crippen molar-refractivity contribution in [2.45, 2.75) is 23.5 Å². The van der Waals surface area contributed by atoms with E-state index in [0.29, 0.717) is 17.8 Å². The first-order valence-corrected chi connectivity index (χ1v) is 10.1. The second kappa shape index (κ2) is 9.62. The van der Waals surface area contributed by atoms with Crippen molar-refractivity contribution in [1.29, 1.82) is 0 Å². The quantitative estimate of drug-likeness (QED) is 0.460. The molecule has 0 fully saturated rings. The number of hydrogen-bond donors (Lipinski definition) is 2. The summed E-state index contributed by atoms with van der Waals surface area (Å²) in [6.45, 7) is 1.90. The van der Waals surface area contributed by atoms with E-state index in [0.717, 1.165) is 4.90 Å². The highest BCUT2D eigenvalue weighted by atomic mass is 35.5. The molecule has 150 valence electrons. The molecule has 1 atom stereocenters. The number of halogens is 2. The molecule has 1 aromatic heterocycles. The lowest BCUT2D eigenvalue weighted by atomic mass is 10.2. The molecule has 0 saturated carbocycles. The highest BCUT2D eigenvalue weighted by Crippen LogP contribution is 2.29. The Kier molecular flexibility index (Phi) is 6.95. The molecule has 3 rings (SSSR count). The van der Waals surface area contributed by atoms with Crippen LogP contribution in [0.1, 0.15) is 23.9 Å². The highest BCUT2D eigenvalue weighted by Gasteiger charge is 2.19. The Hall–Kier alpha value is -2.77. The molecule has 0 aliphatic heterocycles. The summed E-state index contributed by atoms with van der Waals surface area (Å²) >= 11 is 7.13. The van der Waals surface area contributed by atoms with Gasteiger partial charge in [-0.25, -0.2) is 4.39 Å². The number of carbonyl (C=O) groups is 2. The topological polar surface area (TPSA) is 71.3 Å². The molecule has 2 aromatic carbocycles. The third-order valence-corrected chi connectivity index (χ3v) is 5.61. The van der Waals surface area contributed by atoms with Crippen LogP contribution in [0.3, 0.4) is 0 Å². The first kappa shape index (κ1) is 21.0. The lowest BCUT2D eigenvalue weighted by molar-refractivity contribution is -0.115. The molecule has 1 heterocycles. The lowest BCUT2D eigenvalue weighted by Gasteiger charge is -2.15. The third-order valence-electron chi connectivity index (χ3n) is 3.97. The predicted octanol–water partition coefficient (Wildman–Crippen LogP) is 5.83. The monoisotopic (exact) mass is 432 g/mol. The summed E-state index contributed by atoms with van der Waals surface area (Å²) in [6.07, 6.45) is 2.01. The van der Waals surface area contributed by atoms with Gasteiger partial charge in [-0.2, -0.15) is 0 Å². The van der Waals surface area contributed by atoms with Gasteiger partial charge in [0.05, 0.1) is 16.5 Å². The average Bonchev–Trinajstić information content (AvgIpc) is 3.24. The first-order chi connectivity index (χ1) is 14.0. The van der Waals surface area contributed by atoms with Gasteiger partial charge < -0.3 is 15.1 Å². The molecule has 0 aliphatic carbocycles. The summed E-state index contributed by atoms with van der Waals surface area (Å²) in [5.74, 6) is -0.897. The van der Waals surface area contributed by atoms with Crippen molar-refractivity contribution in [2.75, 3.05) is 10.6 Å². The van der Waals surface area contributed by atoms with Gasteiger partial charge in [0, 0.05) is 16.3 Å². The Morgan fingerprint density at radius 2 is 1.90 bits per heavy atom. The fourth-order valence-electron chi connectivity index (χ4n) is 2.53. The van der Waals surface area contributed by atoms with Crippen molar-refractivity contribution >= 4 is 46.6 Å². The van der Waals surface area contributed by atoms with Gasteiger partial charge >= 0.3 is 0 Å². The number of rotatable bonds is 7. The third kappa shape index (κ3) is 5.62. The van der Waals surface area contributed by atoms with Gasteiger partial charge in [-0.15, -0.1) is 11.8 Å². The van der Waals surface area contributed by atoms with E-state index >= 15 is 0 Å². The number of hydrogen-bond acceptors (Lipinski definition) is 4. The molecule has 0 saturated heterocycles. The molecule has 29 heavy (non-hydrogen) atoms. The van der Waals surface area contributed by atoms with Crippen LogP contribution < -0.4 is 10.6 Å². The molecule has 0 aliphatic rings. The van der Waals surface area contributed by atoms with Crippen LogP contribution >= 0.6 is 23.4 Å². The van der Waals surface area contributed by atoms with Gasteiger partial charge in [0.25, 0.3) is 5.91 Å². The molecule has 5 nitrogen and oxygen atoms in total. The van der Waals surface area contributed by atoms with Gasteiger partial charge in [-0.3, -0.25) is 9.59 Å². The molecule has 1 unspecified atom stereocenters. The van der Waals surface area contributed by atoms with E-state index in [1.54, 1.807) is 30.3 Å². The summed E-state index contributed by atoms with van der Waals surface area (Å²) in [5, 5.41) is 5.08. The minimum absolute atomic E-state index is 0.0523. The molecule has 3 aromatic rings. The van der Waals surface area contributed by atoms with Gasteiger partial charge in [0.1, 0.15) is 5.82 Å². The Labute approximate surface area is 176 Å². The van der Waals surface area contributed by atoms with E-state index in [2.05, 4.69) is 10.6 Å². The van der Waals surface area contributed by atoms with Crippen LogP contribution in [0.5, 0.6) is 0 Å². The van der Waals surface area contributed by atoms with Gasteiger partial charge in [0.15, 0.2) is 5.76 Å². The van der Waals surface area contributed by atoms with Gasteiger partial charge in [-0.05, 0) is 55.0 Å². The first-order valence-electron chi connectivity index (χ1n) is 8.83. The standard InChI is InChI=1S/C21H18ClFN2O3S/c1-2-19(21(27)25-14-8-9-17(23)16(22)12-14)29-15-6-3-5-13(11-15)24-20(26)18-7-4-10-28-18/h3-12,19H,2H2,1H3,(H,24,26)(H,25,27). The molecule has 2 N–H and O–H groups in total. The van der Waals surface area contributed by atoms with E-state index in [1.807, 2.05) is 13.0 Å². The van der Waals surface area contributed by atoms with Crippen molar-refractivity contribution in [3.8, 4) is 0 Å². The zero-order chi connectivity index (χ0) is 20.8. The minimum Gasteiger partial charge on any atom is -0.459 e. The van der Waals surface area contributed by atoms with Crippen LogP contribution in [0, 0.1) is 5.82 Å². The van der Waals surface area contributed by atoms with Crippen LogP contribution in [-0.2, 0) is 4.79 Å². The summed E-state index contributed by atoms with van der Waals surface area (Å²) in [5.41, 5.74) is 1.02. The second-order valence-electron chi connectivity index (χ2n) is 6.09. The van der Waals surface area contributed by atoms with E-state index in [-0.39, 0.29) is 27.8 Å². The van der Waals surface area contributed by atoms with Crippen molar-refractivity contribution in [3.63, 3.8) is 0 Å². The van der Waals surface area contributed by atoms with E-state index < -0.39 is 5.82 Å². The fraction of sp³-hybridized carbons (Fsp3) is 0.143. The van der Waals surface area contributed by atoms with Gasteiger partial charge in [0.2, 0.25) is 5.91 Å². The molecule has 0 radical (unpaired) electrons. The van der Waals surface area contributed by atoms with Crippen LogP contribution in [0.4, 0.5) is 15.8 Å². The smallest absolute Gasteiger partial charge is 0.291 e. The molecule has 8 heteroatoms. The zero-order valence-electron chi connectivity index (χ0n) is 15.4. The van der Waals surface area contributed by atoms with Gasteiger partial charge in [-0.1, -0.05) is 24.6 Å². The van der Waals surface area contributed by atoms with E-state index in [4.69, 9.17) is 16.0 Å².